The average Bonchev–Trinajstić information content (AvgIpc) is 3.24. The van der Waals surface area contributed by atoms with Crippen molar-refractivity contribution in [1.82, 2.24) is 4.90 Å². The van der Waals surface area contributed by atoms with Crippen LogP contribution in [-0.4, -0.2) is 69.0 Å². The molecule has 6 rings (SSSR count). The van der Waals surface area contributed by atoms with Crippen molar-refractivity contribution in [3.63, 3.8) is 0 Å². The summed E-state index contributed by atoms with van der Waals surface area (Å²) in [6.45, 7) is 6.49. The molecule has 6 atom stereocenters. The summed E-state index contributed by atoms with van der Waals surface area (Å²) in [7, 11) is 0. The lowest BCUT2D eigenvalue weighted by atomic mass is 9.74. The van der Waals surface area contributed by atoms with Gasteiger partial charge in [0.15, 0.2) is 0 Å². The maximum atomic E-state index is 14.8. The van der Waals surface area contributed by atoms with Crippen LogP contribution in [0.2, 0.25) is 5.02 Å². The predicted molar refractivity (Wildman–Crippen MR) is 168 cm³/mol. The van der Waals surface area contributed by atoms with E-state index in [2.05, 4.69) is 6.08 Å². The third-order valence-electron chi connectivity index (χ3n) is 9.05. The first-order valence-corrected chi connectivity index (χ1v) is 15.7. The average molecular weight is 606 g/mol. The number of para-hydroxylation sites is 2. The number of aliphatic hydroxyl groups excluding tert-OH is 1. The Labute approximate surface area is 256 Å². The normalized spacial score (nSPS) is 31.2. The van der Waals surface area contributed by atoms with Crippen molar-refractivity contribution in [3.05, 3.63) is 83.9 Å². The Morgan fingerprint density at radius 1 is 0.905 bits per heavy atom. The lowest BCUT2D eigenvalue weighted by molar-refractivity contribution is -0.142. The van der Waals surface area contributed by atoms with Gasteiger partial charge in [-0.15, -0.1) is 11.8 Å². The van der Waals surface area contributed by atoms with Crippen LogP contribution in [0.5, 0.6) is 0 Å². The summed E-state index contributed by atoms with van der Waals surface area (Å²) in [5.74, 6) is -1.95. The largest absolute Gasteiger partial charge is 0.394 e. The quantitative estimate of drug-likeness (QED) is 0.472. The van der Waals surface area contributed by atoms with E-state index < -0.39 is 33.4 Å². The van der Waals surface area contributed by atoms with Crippen LogP contribution in [0, 0.1) is 17.8 Å². The van der Waals surface area contributed by atoms with E-state index >= 15 is 0 Å². The Balaban J connectivity index is 1.51. The van der Waals surface area contributed by atoms with Crippen molar-refractivity contribution in [2.24, 2.45) is 17.8 Å². The van der Waals surface area contributed by atoms with Crippen molar-refractivity contribution < 1.29 is 19.5 Å². The number of likely N-dealkylation sites (tertiary alicyclic amines) is 1. The number of thioether (sulfide) groups is 1. The second kappa shape index (κ2) is 10.9. The highest BCUT2D eigenvalue weighted by Crippen LogP contribution is 2.66. The van der Waals surface area contributed by atoms with Crippen molar-refractivity contribution in [3.8, 4) is 0 Å². The Hall–Kier alpha value is -3.07. The van der Waals surface area contributed by atoms with Gasteiger partial charge in [-0.25, -0.2) is 0 Å². The molecule has 2 aromatic rings. The molecule has 9 heteroatoms. The number of aliphatic hydroxyl groups is 1. The van der Waals surface area contributed by atoms with E-state index in [1.807, 2.05) is 81.5 Å². The smallest absolute Gasteiger partial charge is 0.251 e. The van der Waals surface area contributed by atoms with Gasteiger partial charge in [-0.2, -0.15) is 0 Å². The Morgan fingerprint density at radius 3 is 2.26 bits per heavy atom. The first-order chi connectivity index (χ1) is 20.1. The standard InChI is InChI=1S/C33H36ClN3O4S/c1-21(2)19-23(20-38)37-28-31(41)36(25-14-8-7-13-24(25)34)18-10-16-33(28)27(30(37)40)26-29(39)35(22-11-5-4-6-12-22)17-9-15-32(26,3)42-33/h4-16,21,23,26-28,38H,17-20H2,1-3H3/t23-,26+,27+,28?,32-,33+/m1/s1. The van der Waals surface area contributed by atoms with E-state index in [0.29, 0.717) is 23.7 Å². The lowest BCUT2D eigenvalue weighted by Gasteiger charge is -2.40. The van der Waals surface area contributed by atoms with Crippen molar-refractivity contribution in [2.45, 2.75) is 48.8 Å². The summed E-state index contributed by atoms with van der Waals surface area (Å²) in [5.41, 5.74) is 1.34. The van der Waals surface area contributed by atoms with Gasteiger partial charge >= 0.3 is 0 Å². The fraction of sp³-hybridized carbons (Fsp3) is 0.424. The van der Waals surface area contributed by atoms with Crippen LogP contribution in [0.4, 0.5) is 11.4 Å². The molecule has 42 heavy (non-hydrogen) atoms. The summed E-state index contributed by atoms with van der Waals surface area (Å²) in [5, 5.41) is 11.0. The molecule has 1 N–H and O–H groups in total. The van der Waals surface area contributed by atoms with Gasteiger partial charge < -0.3 is 19.8 Å². The van der Waals surface area contributed by atoms with Gasteiger partial charge in [0.1, 0.15) is 6.04 Å². The Kier molecular flexibility index (Phi) is 7.52. The first-order valence-electron chi connectivity index (χ1n) is 14.5. The fourth-order valence-corrected chi connectivity index (χ4v) is 9.78. The number of nitrogens with zero attached hydrogens (tertiary/aromatic N) is 3. The molecule has 2 fully saturated rings. The summed E-state index contributed by atoms with van der Waals surface area (Å²) < 4.78 is -1.73. The van der Waals surface area contributed by atoms with Gasteiger partial charge in [0.05, 0.1) is 39.9 Å². The third-order valence-corrected chi connectivity index (χ3v) is 11.2. The zero-order valence-corrected chi connectivity index (χ0v) is 25.6. The molecule has 2 aromatic carbocycles. The van der Waals surface area contributed by atoms with Crippen LogP contribution in [-0.2, 0) is 14.4 Å². The Morgan fingerprint density at radius 2 is 1.57 bits per heavy atom. The van der Waals surface area contributed by atoms with Crippen molar-refractivity contribution in [2.75, 3.05) is 29.5 Å². The van der Waals surface area contributed by atoms with Gasteiger partial charge in [-0.05, 0) is 43.5 Å². The van der Waals surface area contributed by atoms with Crippen LogP contribution in [0.15, 0.2) is 78.9 Å². The van der Waals surface area contributed by atoms with Gasteiger partial charge in [0.25, 0.3) is 5.91 Å². The van der Waals surface area contributed by atoms with Crippen molar-refractivity contribution in [1.29, 1.82) is 0 Å². The molecule has 4 heterocycles. The highest BCUT2D eigenvalue weighted by molar-refractivity contribution is 8.02. The topological polar surface area (TPSA) is 81.2 Å². The molecule has 3 amide bonds. The van der Waals surface area contributed by atoms with Crippen LogP contribution in [0.1, 0.15) is 27.2 Å². The number of hydrogen-bond donors (Lipinski definition) is 1. The molecule has 1 spiro atoms. The second-order valence-corrected chi connectivity index (χ2v) is 14.4. The van der Waals surface area contributed by atoms with Gasteiger partial charge in [-0.3, -0.25) is 14.4 Å². The summed E-state index contributed by atoms with van der Waals surface area (Å²) in [6, 6.07) is 15.2. The molecule has 0 aromatic heterocycles. The molecular formula is C33H36ClN3O4S. The minimum atomic E-state index is -1.01. The molecule has 2 saturated heterocycles. The van der Waals surface area contributed by atoms with Gasteiger partial charge in [0.2, 0.25) is 11.8 Å². The zero-order chi connectivity index (χ0) is 29.8. The van der Waals surface area contributed by atoms with Crippen LogP contribution >= 0.6 is 23.4 Å². The number of carbonyl (C=O) groups excluding carboxylic acids is 3. The summed E-state index contributed by atoms with van der Waals surface area (Å²) >= 11 is 8.12. The lowest BCUT2D eigenvalue weighted by Crippen LogP contribution is -2.57. The van der Waals surface area contributed by atoms with E-state index in [1.165, 1.54) is 0 Å². The van der Waals surface area contributed by atoms with E-state index in [-0.39, 0.29) is 36.8 Å². The maximum absolute atomic E-state index is 14.8. The van der Waals surface area contributed by atoms with Gasteiger partial charge in [-0.1, -0.05) is 80.1 Å². The zero-order valence-electron chi connectivity index (χ0n) is 24.0. The van der Waals surface area contributed by atoms with Crippen molar-refractivity contribution >= 4 is 52.5 Å². The number of carbonyl (C=O) groups is 3. The number of anilines is 2. The molecule has 0 radical (unpaired) electrons. The summed E-state index contributed by atoms with van der Waals surface area (Å²) in [4.78, 5) is 49.0. The molecule has 0 bridgehead atoms. The van der Waals surface area contributed by atoms with Crippen LogP contribution in [0.25, 0.3) is 0 Å². The number of fused-ring (bicyclic) bond motifs is 2. The molecule has 0 aliphatic carbocycles. The molecule has 1 unspecified atom stereocenters. The van der Waals surface area contributed by atoms with Crippen LogP contribution < -0.4 is 9.80 Å². The number of halogens is 1. The number of benzene rings is 2. The first kappa shape index (κ1) is 29.0. The van der Waals surface area contributed by atoms with E-state index in [4.69, 9.17) is 11.6 Å². The highest BCUT2D eigenvalue weighted by Gasteiger charge is 2.74. The maximum Gasteiger partial charge on any atom is 0.251 e. The van der Waals surface area contributed by atoms with E-state index in [9.17, 15) is 19.5 Å². The highest BCUT2D eigenvalue weighted by atomic mass is 35.5. The minimum absolute atomic E-state index is 0.130. The predicted octanol–water partition coefficient (Wildman–Crippen LogP) is 4.94. The second-order valence-electron chi connectivity index (χ2n) is 12.2. The monoisotopic (exact) mass is 605 g/mol. The third kappa shape index (κ3) is 4.41. The molecule has 220 valence electrons. The number of rotatable bonds is 6. The molecule has 4 aliphatic rings. The number of hydrogen-bond acceptors (Lipinski definition) is 5. The molecule has 0 saturated carbocycles. The molecular weight excluding hydrogens is 570 g/mol. The van der Waals surface area contributed by atoms with E-state index in [0.717, 1.165) is 5.69 Å². The SMILES string of the molecule is CC(C)C[C@H](CO)N1C(=O)[C@@H]2[C@H]3C(=O)N(c4ccccc4)CC=C[C@@]3(C)S[C@@]23C=CCN(c2ccccc2Cl)C(=O)C13. The minimum Gasteiger partial charge on any atom is -0.394 e. The van der Waals surface area contributed by atoms with E-state index in [1.54, 1.807) is 38.6 Å². The Bertz CT molecular complexity index is 1460. The van der Waals surface area contributed by atoms with Crippen LogP contribution in [0.3, 0.4) is 0 Å². The number of amides is 3. The summed E-state index contributed by atoms with van der Waals surface area (Å²) in [6.07, 6.45) is 8.52. The van der Waals surface area contributed by atoms with Gasteiger partial charge in [0, 0.05) is 23.5 Å². The fourth-order valence-electron chi connectivity index (χ4n) is 7.40. The molecule has 7 nitrogen and oxygen atoms in total. The molecule has 4 aliphatic heterocycles.